The Morgan fingerprint density at radius 1 is 1.13 bits per heavy atom. The summed E-state index contributed by atoms with van der Waals surface area (Å²) < 4.78 is 2.51. The minimum Gasteiger partial charge on any atom is -0.331 e. The molecule has 130 valence electrons. The van der Waals surface area contributed by atoms with Gasteiger partial charge in [-0.05, 0) is 38.5 Å². The fourth-order valence-corrected chi connectivity index (χ4v) is 4.14. The fraction of sp³-hybridized carbons (Fsp3) is 0.842. The van der Waals surface area contributed by atoms with Crippen LogP contribution in [0.15, 0.2) is 6.20 Å². The van der Waals surface area contributed by atoms with Crippen molar-refractivity contribution in [2.75, 3.05) is 26.2 Å². The van der Waals surface area contributed by atoms with Crippen LogP contribution in [0.1, 0.15) is 52.1 Å². The van der Waals surface area contributed by atoms with Gasteiger partial charge in [-0.3, -0.25) is 9.80 Å². The van der Waals surface area contributed by atoms with E-state index in [1.807, 2.05) is 0 Å². The highest BCUT2D eigenvalue weighted by atomic mass is 15.3. The number of aromatic nitrogens is 2. The second-order valence-corrected chi connectivity index (χ2v) is 7.86. The predicted molar refractivity (Wildman–Crippen MR) is 95.5 cm³/mol. The molecule has 23 heavy (non-hydrogen) atoms. The molecule has 0 N–H and O–H groups in total. The zero-order valence-electron chi connectivity index (χ0n) is 15.5. The van der Waals surface area contributed by atoms with E-state index in [1.165, 1.54) is 63.5 Å². The van der Waals surface area contributed by atoms with Crippen LogP contribution in [0.5, 0.6) is 0 Å². The lowest BCUT2D eigenvalue weighted by Crippen LogP contribution is -2.48. The lowest BCUT2D eigenvalue weighted by Gasteiger charge is -2.37. The van der Waals surface area contributed by atoms with Crippen molar-refractivity contribution in [3.8, 4) is 0 Å². The van der Waals surface area contributed by atoms with Gasteiger partial charge in [-0.25, -0.2) is 4.98 Å². The molecule has 0 radical (unpaired) electrons. The van der Waals surface area contributed by atoms with Crippen molar-refractivity contribution in [2.45, 2.75) is 66.1 Å². The summed E-state index contributed by atoms with van der Waals surface area (Å²) in [4.78, 5) is 9.93. The molecule has 2 aliphatic rings. The molecule has 2 atom stereocenters. The molecule has 1 fully saturated rings. The minimum absolute atomic E-state index is 0.675. The predicted octanol–water partition coefficient (Wildman–Crippen LogP) is 3.02. The van der Waals surface area contributed by atoms with Crippen molar-refractivity contribution in [3.63, 3.8) is 0 Å². The number of hydrogen-bond acceptors (Lipinski definition) is 3. The van der Waals surface area contributed by atoms with Gasteiger partial charge in [-0.15, -0.1) is 0 Å². The van der Waals surface area contributed by atoms with Gasteiger partial charge >= 0.3 is 0 Å². The molecule has 2 aliphatic heterocycles. The van der Waals surface area contributed by atoms with Crippen LogP contribution in [0, 0.1) is 11.8 Å². The standard InChI is InChI=1S/C19H34N4/c1-5-16(4)17-6-7-23-18(12-17)13-20-19(23)14-21-8-10-22(11-9-21)15(2)3/h13,15-17H,5-12,14H2,1-4H3. The van der Waals surface area contributed by atoms with Crippen molar-refractivity contribution in [1.29, 1.82) is 0 Å². The quantitative estimate of drug-likeness (QED) is 0.834. The molecule has 0 bridgehead atoms. The van der Waals surface area contributed by atoms with Gasteiger partial charge in [0.05, 0.1) is 6.54 Å². The minimum atomic E-state index is 0.675. The molecule has 4 heteroatoms. The summed E-state index contributed by atoms with van der Waals surface area (Å²) in [5, 5.41) is 0. The number of fused-ring (bicyclic) bond motifs is 1. The molecule has 2 unspecified atom stereocenters. The van der Waals surface area contributed by atoms with Crippen LogP contribution in [-0.2, 0) is 19.5 Å². The molecule has 0 spiro atoms. The highest BCUT2D eigenvalue weighted by molar-refractivity contribution is 5.09. The van der Waals surface area contributed by atoms with E-state index >= 15 is 0 Å². The first-order valence-corrected chi connectivity index (χ1v) is 9.58. The van der Waals surface area contributed by atoms with Crippen LogP contribution in [0.3, 0.4) is 0 Å². The Kier molecular flexibility index (Phi) is 5.42. The first-order chi connectivity index (χ1) is 11.1. The molecule has 1 aromatic heterocycles. The van der Waals surface area contributed by atoms with E-state index in [-0.39, 0.29) is 0 Å². The third kappa shape index (κ3) is 3.80. The third-order valence-electron chi connectivity index (χ3n) is 6.17. The molecule has 0 aliphatic carbocycles. The van der Waals surface area contributed by atoms with Gasteiger partial charge in [0, 0.05) is 50.7 Å². The van der Waals surface area contributed by atoms with Gasteiger partial charge in [-0.1, -0.05) is 20.3 Å². The summed E-state index contributed by atoms with van der Waals surface area (Å²) in [6.07, 6.45) is 6.00. The average Bonchev–Trinajstić information content (AvgIpc) is 2.96. The van der Waals surface area contributed by atoms with E-state index < -0.39 is 0 Å². The molecular weight excluding hydrogens is 284 g/mol. The highest BCUT2D eigenvalue weighted by Crippen LogP contribution is 2.29. The molecule has 3 rings (SSSR count). The molecule has 0 amide bonds. The van der Waals surface area contributed by atoms with Crippen molar-refractivity contribution in [2.24, 2.45) is 11.8 Å². The first-order valence-electron chi connectivity index (χ1n) is 9.58. The van der Waals surface area contributed by atoms with Gasteiger partial charge in [0.2, 0.25) is 0 Å². The third-order valence-corrected chi connectivity index (χ3v) is 6.17. The molecule has 0 aromatic carbocycles. The van der Waals surface area contributed by atoms with E-state index in [0.29, 0.717) is 6.04 Å². The molecule has 3 heterocycles. The van der Waals surface area contributed by atoms with E-state index in [2.05, 4.69) is 48.3 Å². The summed E-state index contributed by atoms with van der Waals surface area (Å²) in [6.45, 7) is 16.3. The number of hydrogen-bond donors (Lipinski definition) is 0. The maximum absolute atomic E-state index is 4.77. The number of piperazine rings is 1. The summed E-state index contributed by atoms with van der Waals surface area (Å²) in [5.41, 5.74) is 1.47. The molecule has 4 nitrogen and oxygen atoms in total. The second-order valence-electron chi connectivity index (χ2n) is 7.86. The lowest BCUT2D eigenvalue weighted by atomic mass is 9.84. The SMILES string of the molecule is CCC(C)C1CCn2c(cnc2CN2CCN(C(C)C)CC2)C1. The Morgan fingerprint density at radius 3 is 2.52 bits per heavy atom. The van der Waals surface area contributed by atoms with Gasteiger partial charge < -0.3 is 4.57 Å². The van der Waals surface area contributed by atoms with Crippen LogP contribution < -0.4 is 0 Å². The summed E-state index contributed by atoms with van der Waals surface area (Å²) in [5.74, 6) is 2.98. The summed E-state index contributed by atoms with van der Waals surface area (Å²) in [7, 11) is 0. The zero-order valence-corrected chi connectivity index (χ0v) is 15.5. The lowest BCUT2D eigenvalue weighted by molar-refractivity contribution is 0.101. The van der Waals surface area contributed by atoms with Crippen LogP contribution in [0.25, 0.3) is 0 Å². The maximum Gasteiger partial charge on any atom is 0.123 e. The van der Waals surface area contributed by atoms with Gasteiger partial charge in [0.25, 0.3) is 0 Å². The number of imidazole rings is 1. The Hall–Kier alpha value is -0.870. The summed E-state index contributed by atoms with van der Waals surface area (Å²) >= 11 is 0. The van der Waals surface area contributed by atoms with Crippen LogP contribution in [0.4, 0.5) is 0 Å². The molecule has 1 aromatic rings. The number of nitrogens with zero attached hydrogens (tertiary/aromatic N) is 4. The van der Waals surface area contributed by atoms with Crippen molar-refractivity contribution in [3.05, 3.63) is 17.7 Å². The molecular formula is C19H34N4. The average molecular weight is 319 g/mol. The van der Waals surface area contributed by atoms with E-state index in [4.69, 9.17) is 4.98 Å². The van der Waals surface area contributed by atoms with E-state index in [9.17, 15) is 0 Å². The second kappa shape index (κ2) is 7.35. The topological polar surface area (TPSA) is 24.3 Å². The highest BCUT2D eigenvalue weighted by Gasteiger charge is 2.26. The van der Waals surface area contributed by atoms with Crippen molar-refractivity contribution in [1.82, 2.24) is 19.4 Å². The zero-order chi connectivity index (χ0) is 16.4. The summed E-state index contributed by atoms with van der Waals surface area (Å²) in [6, 6.07) is 0.675. The fourth-order valence-electron chi connectivity index (χ4n) is 4.14. The van der Waals surface area contributed by atoms with Crippen LogP contribution in [-0.4, -0.2) is 51.6 Å². The Balaban J connectivity index is 1.58. The normalized spacial score (nSPS) is 24.8. The molecule has 1 saturated heterocycles. The van der Waals surface area contributed by atoms with Gasteiger partial charge in [0.15, 0.2) is 0 Å². The largest absolute Gasteiger partial charge is 0.331 e. The Morgan fingerprint density at radius 2 is 1.87 bits per heavy atom. The Bertz CT molecular complexity index is 499. The van der Waals surface area contributed by atoms with Crippen LogP contribution >= 0.6 is 0 Å². The first kappa shape index (κ1) is 17.0. The monoisotopic (exact) mass is 318 g/mol. The van der Waals surface area contributed by atoms with Crippen molar-refractivity contribution < 1.29 is 0 Å². The van der Waals surface area contributed by atoms with Gasteiger partial charge in [0.1, 0.15) is 5.82 Å². The van der Waals surface area contributed by atoms with Gasteiger partial charge in [-0.2, -0.15) is 0 Å². The van der Waals surface area contributed by atoms with Crippen molar-refractivity contribution >= 4 is 0 Å². The smallest absolute Gasteiger partial charge is 0.123 e. The number of rotatable bonds is 5. The van der Waals surface area contributed by atoms with E-state index in [1.54, 1.807) is 0 Å². The maximum atomic E-state index is 4.77. The Labute approximate surface area is 141 Å². The molecule has 0 saturated carbocycles. The van der Waals surface area contributed by atoms with Crippen LogP contribution in [0.2, 0.25) is 0 Å². The van der Waals surface area contributed by atoms with E-state index in [0.717, 1.165) is 18.4 Å².